The lowest BCUT2D eigenvalue weighted by atomic mass is 9.75. The molecule has 2 aromatic heterocycles. The Kier molecular flexibility index (Phi) is 5.85. The van der Waals surface area contributed by atoms with Crippen LogP contribution in [-0.4, -0.2) is 33.8 Å². The van der Waals surface area contributed by atoms with E-state index >= 15 is 0 Å². The summed E-state index contributed by atoms with van der Waals surface area (Å²) in [5.41, 5.74) is 4.89. The van der Waals surface area contributed by atoms with Gasteiger partial charge in [0.1, 0.15) is 11.9 Å². The molecule has 1 atom stereocenters. The van der Waals surface area contributed by atoms with Crippen LogP contribution in [0.5, 0.6) is 5.75 Å². The number of ether oxygens (including phenoxy) is 2. The minimum atomic E-state index is -0.422. The predicted molar refractivity (Wildman–Crippen MR) is 128 cm³/mol. The summed E-state index contributed by atoms with van der Waals surface area (Å²) in [6.45, 7) is 1.60. The van der Waals surface area contributed by atoms with Gasteiger partial charge in [-0.2, -0.15) is 0 Å². The Labute approximate surface area is 195 Å². The normalized spacial score (nSPS) is 25.2. The third kappa shape index (κ3) is 4.41. The van der Waals surface area contributed by atoms with Crippen LogP contribution in [0.3, 0.4) is 0 Å². The Bertz CT molecular complexity index is 1070. The summed E-state index contributed by atoms with van der Waals surface area (Å²) in [5.74, 6) is 2.45. The van der Waals surface area contributed by atoms with Gasteiger partial charge < -0.3 is 19.0 Å². The molecule has 1 saturated heterocycles. The monoisotopic (exact) mass is 446 g/mol. The van der Waals surface area contributed by atoms with Crippen molar-refractivity contribution in [3.05, 3.63) is 65.7 Å². The maximum absolute atomic E-state index is 11.5. The van der Waals surface area contributed by atoms with Gasteiger partial charge in [-0.1, -0.05) is 18.2 Å². The molecule has 3 heterocycles. The quantitative estimate of drug-likeness (QED) is 0.522. The topological polar surface area (TPSA) is 56.0 Å². The number of aliphatic hydroxyl groups is 1. The second kappa shape index (κ2) is 9.11. The third-order valence-electron chi connectivity index (χ3n) is 7.99. The van der Waals surface area contributed by atoms with Crippen molar-refractivity contribution in [2.75, 3.05) is 13.2 Å². The van der Waals surface area contributed by atoms with Crippen LogP contribution in [0, 0.1) is 5.92 Å². The number of aliphatic hydroxyl groups excluding tert-OH is 1. The largest absolute Gasteiger partial charge is 0.490 e. The molecule has 0 spiro atoms. The minimum Gasteiger partial charge on any atom is -0.490 e. The van der Waals surface area contributed by atoms with Gasteiger partial charge in [-0.25, -0.2) is 4.98 Å². The zero-order valence-corrected chi connectivity index (χ0v) is 19.2. The lowest BCUT2D eigenvalue weighted by molar-refractivity contribution is 0.0255. The molecule has 5 heteroatoms. The molecule has 1 aliphatic heterocycles. The van der Waals surface area contributed by atoms with Gasteiger partial charge in [0.25, 0.3) is 0 Å². The van der Waals surface area contributed by atoms with Crippen LogP contribution in [0.1, 0.15) is 86.1 Å². The first-order chi connectivity index (χ1) is 16.3. The summed E-state index contributed by atoms with van der Waals surface area (Å²) in [7, 11) is 0. The Morgan fingerprint density at radius 3 is 2.33 bits per heavy atom. The van der Waals surface area contributed by atoms with Crippen LogP contribution in [0.15, 0.2) is 48.9 Å². The van der Waals surface area contributed by atoms with Crippen molar-refractivity contribution in [2.24, 2.45) is 5.92 Å². The van der Waals surface area contributed by atoms with Gasteiger partial charge in [-0.3, -0.25) is 0 Å². The van der Waals surface area contributed by atoms with E-state index in [0.717, 1.165) is 68.7 Å². The predicted octanol–water partition coefficient (Wildman–Crippen LogP) is 5.78. The summed E-state index contributed by atoms with van der Waals surface area (Å²) < 4.78 is 13.7. The molecule has 3 fully saturated rings. The van der Waals surface area contributed by atoms with Crippen molar-refractivity contribution in [3.8, 4) is 5.75 Å². The second-order valence-electron chi connectivity index (χ2n) is 10.2. The molecule has 3 aromatic rings. The molecular weight excluding hydrogens is 412 g/mol. The van der Waals surface area contributed by atoms with E-state index < -0.39 is 6.10 Å². The number of imidazole rings is 1. The van der Waals surface area contributed by atoms with E-state index in [-0.39, 0.29) is 6.10 Å². The number of rotatable bonds is 6. The van der Waals surface area contributed by atoms with E-state index in [1.165, 1.54) is 24.0 Å². The first-order valence-electron chi connectivity index (χ1n) is 12.7. The van der Waals surface area contributed by atoms with Crippen molar-refractivity contribution < 1.29 is 14.6 Å². The first kappa shape index (κ1) is 21.2. The molecule has 0 radical (unpaired) electrons. The Balaban J connectivity index is 1.11. The van der Waals surface area contributed by atoms with Crippen molar-refractivity contribution in [1.82, 2.24) is 9.38 Å². The molecule has 33 heavy (non-hydrogen) atoms. The molecule has 3 aliphatic rings. The molecule has 174 valence electrons. The molecule has 1 N–H and O–H groups in total. The van der Waals surface area contributed by atoms with E-state index in [0.29, 0.717) is 17.8 Å². The Hall–Kier alpha value is -2.37. The van der Waals surface area contributed by atoms with E-state index in [2.05, 4.69) is 45.8 Å². The summed E-state index contributed by atoms with van der Waals surface area (Å²) in [6.07, 6.45) is 12.4. The fourth-order valence-corrected chi connectivity index (χ4v) is 5.88. The molecule has 0 amide bonds. The SMILES string of the molecule is O[C@@H](c1c(C2CC2)ccc2cncn12)[C@H]1CC[C@H](c2ccc(OC3CCOCC3)cc2)CC1. The van der Waals surface area contributed by atoms with E-state index in [4.69, 9.17) is 9.47 Å². The van der Waals surface area contributed by atoms with Gasteiger partial charge in [0.2, 0.25) is 0 Å². The van der Waals surface area contributed by atoms with Crippen molar-refractivity contribution >= 4 is 5.52 Å². The summed E-state index contributed by atoms with van der Waals surface area (Å²) >= 11 is 0. The van der Waals surface area contributed by atoms with Crippen LogP contribution in [0.25, 0.3) is 5.52 Å². The molecule has 0 bridgehead atoms. The number of nitrogens with zero attached hydrogens (tertiary/aromatic N) is 2. The molecule has 6 rings (SSSR count). The van der Waals surface area contributed by atoms with Gasteiger partial charge in [0, 0.05) is 12.8 Å². The van der Waals surface area contributed by atoms with Gasteiger partial charge >= 0.3 is 0 Å². The number of hydrogen-bond acceptors (Lipinski definition) is 4. The molecule has 5 nitrogen and oxygen atoms in total. The molecule has 2 aliphatic carbocycles. The Morgan fingerprint density at radius 2 is 1.61 bits per heavy atom. The van der Waals surface area contributed by atoms with Crippen molar-refractivity contribution in [3.63, 3.8) is 0 Å². The van der Waals surface area contributed by atoms with Crippen molar-refractivity contribution in [2.45, 2.75) is 75.4 Å². The highest BCUT2D eigenvalue weighted by atomic mass is 16.5. The standard InChI is InChI=1S/C28H34N2O3/c31-28(27-26(21-3-4-21)12-9-23-17-29-18-30(23)27)22-5-1-19(2-6-22)20-7-10-24(11-8-20)33-25-13-15-32-16-14-25/h7-12,17-19,21-22,25,28,31H,1-6,13-16H2/t19-,22-,28-/m1/s1. The fourth-order valence-electron chi connectivity index (χ4n) is 5.88. The maximum Gasteiger partial charge on any atom is 0.119 e. The lowest BCUT2D eigenvalue weighted by Crippen LogP contribution is -2.25. The third-order valence-corrected chi connectivity index (χ3v) is 7.99. The lowest BCUT2D eigenvalue weighted by Gasteiger charge is -2.33. The van der Waals surface area contributed by atoms with Gasteiger partial charge in [-0.15, -0.1) is 0 Å². The first-order valence-corrected chi connectivity index (χ1v) is 12.7. The van der Waals surface area contributed by atoms with Crippen molar-refractivity contribution in [1.29, 1.82) is 0 Å². The number of aromatic nitrogens is 2. The number of fused-ring (bicyclic) bond motifs is 1. The number of benzene rings is 1. The fraction of sp³-hybridized carbons (Fsp3) is 0.536. The van der Waals surface area contributed by atoms with Crippen LogP contribution in [-0.2, 0) is 4.74 Å². The van der Waals surface area contributed by atoms with Crippen LogP contribution in [0.4, 0.5) is 0 Å². The molecule has 0 unspecified atom stereocenters. The molecule has 2 saturated carbocycles. The zero-order chi connectivity index (χ0) is 22.2. The average molecular weight is 447 g/mol. The van der Waals surface area contributed by atoms with Gasteiger partial charge in [0.05, 0.1) is 43.1 Å². The second-order valence-corrected chi connectivity index (χ2v) is 10.2. The van der Waals surface area contributed by atoms with E-state index in [9.17, 15) is 5.11 Å². The minimum absolute atomic E-state index is 0.280. The zero-order valence-electron chi connectivity index (χ0n) is 19.2. The summed E-state index contributed by atoms with van der Waals surface area (Å²) in [5, 5.41) is 11.5. The average Bonchev–Trinajstić information content (AvgIpc) is 3.60. The number of pyridine rings is 1. The Morgan fingerprint density at radius 1 is 0.879 bits per heavy atom. The highest BCUT2D eigenvalue weighted by Gasteiger charge is 2.34. The van der Waals surface area contributed by atoms with Crippen LogP contribution >= 0.6 is 0 Å². The van der Waals surface area contributed by atoms with Gasteiger partial charge in [-0.05, 0) is 85.6 Å². The summed E-state index contributed by atoms with van der Waals surface area (Å²) in [6, 6.07) is 13.1. The van der Waals surface area contributed by atoms with E-state index in [1.807, 2.05) is 12.5 Å². The highest BCUT2D eigenvalue weighted by molar-refractivity contribution is 5.50. The smallest absolute Gasteiger partial charge is 0.119 e. The highest BCUT2D eigenvalue weighted by Crippen LogP contribution is 2.47. The van der Waals surface area contributed by atoms with Crippen LogP contribution in [0.2, 0.25) is 0 Å². The molecule has 1 aromatic carbocycles. The maximum atomic E-state index is 11.5. The van der Waals surface area contributed by atoms with Gasteiger partial charge in [0.15, 0.2) is 0 Å². The number of hydrogen-bond donors (Lipinski definition) is 1. The molecular formula is C28H34N2O3. The van der Waals surface area contributed by atoms with Crippen LogP contribution < -0.4 is 4.74 Å². The van der Waals surface area contributed by atoms with E-state index in [1.54, 1.807) is 0 Å². The summed E-state index contributed by atoms with van der Waals surface area (Å²) in [4.78, 5) is 4.34.